The summed E-state index contributed by atoms with van der Waals surface area (Å²) in [7, 11) is 1.67. The molecule has 1 N–H and O–H groups in total. The quantitative estimate of drug-likeness (QED) is 0.860. The van der Waals surface area contributed by atoms with Gasteiger partial charge in [-0.3, -0.25) is 9.59 Å². The van der Waals surface area contributed by atoms with E-state index in [1.807, 2.05) is 0 Å². The number of nitrogens with one attached hydrogen (secondary N) is 1. The van der Waals surface area contributed by atoms with Gasteiger partial charge in [-0.15, -0.1) is 0 Å². The van der Waals surface area contributed by atoms with Crippen LogP contribution >= 0.6 is 0 Å². The first-order valence-electron chi connectivity index (χ1n) is 7.57. The fourth-order valence-corrected chi connectivity index (χ4v) is 2.59. The van der Waals surface area contributed by atoms with Crippen molar-refractivity contribution in [3.63, 3.8) is 0 Å². The lowest BCUT2D eigenvalue weighted by atomic mass is 10.0. The number of hydrogen-bond acceptors (Lipinski definition) is 2. The summed E-state index contributed by atoms with van der Waals surface area (Å²) in [5.41, 5.74) is 0.0373. The van der Waals surface area contributed by atoms with Gasteiger partial charge in [-0.1, -0.05) is 12.1 Å². The van der Waals surface area contributed by atoms with Crippen molar-refractivity contribution in [2.24, 2.45) is 0 Å². The molecule has 1 aliphatic heterocycles. The van der Waals surface area contributed by atoms with Crippen LogP contribution in [0.3, 0.4) is 0 Å². The first-order chi connectivity index (χ1) is 11.2. The van der Waals surface area contributed by atoms with Crippen molar-refractivity contribution in [2.45, 2.75) is 32.0 Å². The number of piperidine rings is 1. The molecule has 0 saturated carbocycles. The molecule has 0 bridgehead atoms. The van der Waals surface area contributed by atoms with Crippen LogP contribution in [0.4, 0.5) is 13.2 Å². The van der Waals surface area contributed by atoms with Crippen LogP contribution in [0.5, 0.6) is 0 Å². The van der Waals surface area contributed by atoms with E-state index in [9.17, 15) is 22.8 Å². The average Bonchev–Trinajstić information content (AvgIpc) is 2.50. The normalized spacial score (nSPS) is 19.4. The second-order valence-corrected chi connectivity index (χ2v) is 5.92. The Balaban J connectivity index is 2.05. The van der Waals surface area contributed by atoms with Crippen LogP contribution in [0, 0.1) is 0 Å². The molecule has 0 spiro atoms. The number of amides is 2. The molecule has 0 aromatic heterocycles. The van der Waals surface area contributed by atoms with Crippen LogP contribution in [0.2, 0.25) is 0 Å². The number of carbonyl (C=O) groups excluding carboxylic acids is 2. The maximum absolute atomic E-state index is 12.7. The Morgan fingerprint density at radius 3 is 2.71 bits per heavy atom. The minimum Gasteiger partial charge on any atom is -0.348 e. The predicted molar refractivity (Wildman–Crippen MR) is 83.9 cm³/mol. The molecule has 1 fully saturated rings. The van der Waals surface area contributed by atoms with E-state index in [0.717, 1.165) is 12.1 Å². The van der Waals surface area contributed by atoms with Crippen LogP contribution in [0.15, 0.2) is 30.3 Å². The van der Waals surface area contributed by atoms with Crippen LogP contribution in [0.25, 0.3) is 5.57 Å². The molecule has 1 heterocycles. The van der Waals surface area contributed by atoms with Crippen LogP contribution in [0.1, 0.15) is 30.9 Å². The molecule has 2 rings (SSSR count). The fraction of sp³-hybridized carbons (Fsp3) is 0.412. The Morgan fingerprint density at radius 2 is 2.08 bits per heavy atom. The third kappa shape index (κ3) is 4.59. The summed E-state index contributed by atoms with van der Waals surface area (Å²) in [6.45, 7) is 2.02. The molecule has 7 heteroatoms. The number of halogens is 3. The molecule has 1 atom stereocenters. The molecule has 4 nitrogen and oxygen atoms in total. The molecule has 0 unspecified atom stereocenters. The van der Waals surface area contributed by atoms with Gasteiger partial charge in [0.05, 0.1) is 5.56 Å². The number of carbonyl (C=O) groups is 2. The predicted octanol–water partition coefficient (Wildman–Crippen LogP) is 2.85. The van der Waals surface area contributed by atoms with E-state index in [1.54, 1.807) is 18.9 Å². The maximum atomic E-state index is 12.7. The summed E-state index contributed by atoms with van der Waals surface area (Å²) in [4.78, 5) is 25.0. The monoisotopic (exact) mass is 340 g/mol. The van der Waals surface area contributed by atoms with E-state index in [4.69, 9.17) is 0 Å². The molecule has 1 aliphatic rings. The standard InChI is InChI=1S/C17H19F3N2O2/c1-11(12-4-3-5-13(9-12)17(18,19)20)8-15(23)21-14-6-7-16(24)22(2)10-14/h3-5,8-9,14H,6-7,10H2,1-2H3,(H,21,23)/b11-8+/t14-/m1/s1. The van der Waals surface area contributed by atoms with Gasteiger partial charge in [-0.2, -0.15) is 13.2 Å². The number of likely N-dealkylation sites (N-methyl/N-ethyl adjacent to an activating group) is 1. The van der Waals surface area contributed by atoms with E-state index in [0.29, 0.717) is 30.5 Å². The average molecular weight is 340 g/mol. The van der Waals surface area contributed by atoms with Gasteiger partial charge in [-0.05, 0) is 36.6 Å². The van der Waals surface area contributed by atoms with Gasteiger partial charge in [0, 0.05) is 32.1 Å². The molecule has 1 saturated heterocycles. The lowest BCUT2D eigenvalue weighted by molar-refractivity contribution is -0.137. The zero-order chi connectivity index (χ0) is 17.9. The zero-order valence-electron chi connectivity index (χ0n) is 13.5. The summed E-state index contributed by atoms with van der Waals surface area (Å²) in [6.07, 6.45) is -2.20. The highest BCUT2D eigenvalue weighted by atomic mass is 19.4. The van der Waals surface area contributed by atoms with E-state index >= 15 is 0 Å². The van der Waals surface area contributed by atoms with Gasteiger partial charge in [-0.25, -0.2) is 0 Å². The second kappa shape index (κ2) is 7.07. The Bertz CT molecular complexity index is 668. The highest BCUT2D eigenvalue weighted by Gasteiger charge is 2.30. The van der Waals surface area contributed by atoms with E-state index in [-0.39, 0.29) is 17.9 Å². The third-order valence-electron chi connectivity index (χ3n) is 3.97. The molecule has 0 aliphatic carbocycles. The van der Waals surface area contributed by atoms with Crippen molar-refractivity contribution < 1.29 is 22.8 Å². The van der Waals surface area contributed by atoms with Crippen molar-refractivity contribution in [2.75, 3.05) is 13.6 Å². The highest BCUT2D eigenvalue weighted by Crippen LogP contribution is 2.30. The lowest BCUT2D eigenvalue weighted by Gasteiger charge is -2.29. The van der Waals surface area contributed by atoms with E-state index < -0.39 is 11.7 Å². The van der Waals surface area contributed by atoms with Crippen LogP contribution < -0.4 is 5.32 Å². The number of nitrogens with zero attached hydrogens (tertiary/aromatic N) is 1. The van der Waals surface area contributed by atoms with Crippen molar-refractivity contribution >= 4 is 17.4 Å². The van der Waals surface area contributed by atoms with Gasteiger partial charge in [0.15, 0.2) is 0 Å². The van der Waals surface area contributed by atoms with Crippen molar-refractivity contribution in [3.05, 3.63) is 41.5 Å². The van der Waals surface area contributed by atoms with Crippen LogP contribution in [-0.4, -0.2) is 36.3 Å². The number of allylic oxidation sites excluding steroid dienone is 1. The Hall–Kier alpha value is -2.31. The molecule has 1 aromatic rings. The molecule has 1 aromatic carbocycles. The molecule has 2 amide bonds. The number of benzene rings is 1. The summed E-state index contributed by atoms with van der Waals surface area (Å²) in [5.74, 6) is -0.339. The van der Waals surface area contributed by atoms with Gasteiger partial charge in [0.1, 0.15) is 0 Å². The Labute approximate surface area is 138 Å². The van der Waals surface area contributed by atoms with Crippen LogP contribution in [-0.2, 0) is 15.8 Å². The fourth-order valence-electron chi connectivity index (χ4n) is 2.59. The number of hydrogen-bond donors (Lipinski definition) is 1. The number of rotatable bonds is 3. The minimum atomic E-state index is -4.42. The van der Waals surface area contributed by atoms with Crippen molar-refractivity contribution in [3.8, 4) is 0 Å². The Kier molecular flexibility index (Phi) is 5.31. The molecular formula is C17H19F3N2O2. The largest absolute Gasteiger partial charge is 0.416 e. The molecule has 130 valence electrons. The van der Waals surface area contributed by atoms with Crippen molar-refractivity contribution in [1.82, 2.24) is 10.2 Å². The lowest BCUT2D eigenvalue weighted by Crippen LogP contribution is -2.48. The SMILES string of the molecule is C/C(=C\C(=O)N[C@@H]1CCC(=O)N(C)C1)c1cccc(C(F)(F)F)c1. The van der Waals surface area contributed by atoms with Crippen molar-refractivity contribution in [1.29, 1.82) is 0 Å². The van der Waals surface area contributed by atoms with Gasteiger partial charge < -0.3 is 10.2 Å². The smallest absolute Gasteiger partial charge is 0.348 e. The second-order valence-electron chi connectivity index (χ2n) is 5.92. The van der Waals surface area contributed by atoms with Gasteiger partial charge in [0.2, 0.25) is 11.8 Å². The highest BCUT2D eigenvalue weighted by molar-refractivity contribution is 5.95. The van der Waals surface area contributed by atoms with E-state index in [2.05, 4.69) is 5.32 Å². The first kappa shape index (κ1) is 18.0. The summed E-state index contributed by atoms with van der Waals surface area (Å²) in [5, 5.41) is 2.78. The molecule has 24 heavy (non-hydrogen) atoms. The summed E-state index contributed by atoms with van der Waals surface area (Å²) in [6, 6.07) is 4.71. The summed E-state index contributed by atoms with van der Waals surface area (Å²) < 4.78 is 38.2. The Morgan fingerprint density at radius 1 is 1.38 bits per heavy atom. The number of likely N-dealkylation sites (tertiary alicyclic amines) is 1. The molecular weight excluding hydrogens is 321 g/mol. The zero-order valence-corrected chi connectivity index (χ0v) is 13.5. The first-order valence-corrected chi connectivity index (χ1v) is 7.57. The van der Waals surface area contributed by atoms with E-state index in [1.165, 1.54) is 18.2 Å². The maximum Gasteiger partial charge on any atom is 0.416 e. The minimum absolute atomic E-state index is 0.0381. The topological polar surface area (TPSA) is 49.4 Å². The molecule has 0 radical (unpaired) electrons. The van der Waals surface area contributed by atoms with Gasteiger partial charge in [0.25, 0.3) is 0 Å². The summed E-state index contributed by atoms with van der Waals surface area (Å²) >= 11 is 0. The third-order valence-corrected chi connectivity index (χ3v) is 3.97. The number of alkyl halides is 3. The van der Waals surface area contributed by atoms with Gasteiger partial charge >= 0.3 is 6.18 Å².